The number of methoxy groups -OCH3 is 1. The normalized spacial score (nSPS) is 24.7. The molecule has 3 rings (SSSR count). The van der Waals surface area contributed by atoms with Gasteiger partial charge in [-0.2, -0.15) is 0 Å². The van der Waals surface area contributed by atoms with E-state index in [-0.39, 0.29) is 0 Å². The van der Waals surface area contributed by atoms with Crippen LogP contribution in [0.3, 0.4) is 0 Å². The number of rotatable bonds is 3. The van der Waals surface area contributed by atoms with Crippen molar-refractivity contribution in [1.82, 2.24) is 10.3 Å². The number of hydrogen-bond donors (Lipinski definition) is 1. The van der Waals surface area contributed by atoms with Gasteiger partial charge in [0.1, 0.15) is 0 Å². The molecule has 3 heterocycles. The Kier molecular flexibility index (Phi) is 3.87. The summed E-state index contributed by atoms with van der Waals surface area (Å²) in [5.74, 6) is 2.73. The SMILES string of the molecule is COc1cccnc1N1CCC(C2CCCN2)CC1. The first-order valence-electron chi connectivity index (χ1n) is 7.36. The molecule has 4 nitrogen and oxygen atoms in total. The Hall–Kier alpha value is -1.29. The van der Waals surface area contributed by atoms with Gasteiger partial charge in [0.2, 0.25) is 0 Å². The molecule has 2 aliphatic rings. The molecule has 1 aromatic rings. The molecule has 2 aliphatic heterocycles. The van der Waals surface area contributed by atoms with E-state index in [1.165, 1.54) is 32.2 Å². The lowest BCUT2D eigenvalue weighted by molar-refractivity contribution is 0.316. The van der Waals surface area contributed by atoms with Crippen LogP contribution in [0.5, 0.6) is 5.75 Å². The highest BCUT2D eigenvalue weighted by Gasteiger charge is 2.29. The summed E-state index contributed by atoms with van der Waals surface area (Å²) in [7, 11) is 1.72. The van der Waals surface area contributed by atoms with Gasteiger partial charge < -0.3 is 15.0 Å². The van der Waals surface area contributed by atoms with Crippen LogP contribution < -0.4 is 15.0 Å². The first-order chi connectivity index (χ1) is 9.38. The lowest BCUT2D eigenvalue weighted by Gasteiger charge is -2.35. The molecule has 1 aromatic heterocycles. The first kappa shape index (κ1) is 12.7. The summed E-state index contributed by atoms with van der Waals surface area (Å²) in [5.41, 5.74) is 0. The van der Waals surface area contributed by atoms with Crippen LogP contribution in [0.4, 0.5) is 5.82 Å². The first-order valence-corrected chi connectivity index (χ1v) is 7.36. The zero-order valence-electron chi connectivity index (χ0n) is 11.6. The van der Waals surface area contributed by atoms with Crippen molar-refractivity contribution in [3.05, 3.63) is 18.3 Å². The summed E-state index contributed by atoms with van der Waals surface area (Å²) in [6.45, 7) is 3.39. The number of ether oxygens (including phenoxy) is 1. The Bertz CT molecular complexity index is 410. The summed E-state index contributed by atoms with van der Waals surface area (Å²) < 4.78 is 5.41. The summed E-state index contributed by atoms with van der Waals surface area (Å²) >= 11 is 0. The van der Waals surface area contributed by atoms with Gasteiger partial charge in [0.15, 0.2) is 11.6 Å². The molecule has 104 valence electrons. The molecule has 0 aliphatic carbocycles. The third kappa shape index (κ3) is 2.68. The molecule has 1 unspecified atom stereocenters. The van der Waals surface area contributed by atoms with Crippen molar-refractivity contribution < 1.29 is 4.74 Å². The van der Waals surface area contributed by atoms with E-state index in [4.69, 9.17) is 4.74 Å². The molecular formula is C15H23N3O. The van der Waals surface area contributed by atoms with Gasteiger partial charge in [0, 0.05) is 25.3 Å². The molecular weight excluding hydrogens is 238 g/mol. The second-order valence-electron chi connectivity index (χ2n) is 5.56. The van der Waals surface area contributed by atoms with E-state index in [1.807, 2.05) is 18.3 Å². The molecule has 19 heavy (non-hydrogen) atoms. The second kappa shape index (κ2) is 5.78. The van der Waals surface area contributed by atoms with Crippen LogP contribution in [0.1, 0.15) is 25.7 Å². The Morgan fingerprint density at radius 3 is 2.84 bits per heavy atom. The number of hydrogen-bond acceptors (Lipinski definition) is 4. The number of pyridine rings is 1. The van der Waals surface area contributed by atoms with Gasteiger partial charge >= 0.3 is 0 Å². The molecule has 0 radical (unpaired) electrons. The van der Waals surface area contributed by atoms with Crippen LogP contribution in [-0.2, 0) is 0 Å². The maximum absolute atomic E-state index is 5.41. The number of piperidine rings is 1. The van der Waals surface area contributed by atoms with Gasteiger partial charge in [-0.1, -0.05) is 0 Å². The van der Waals surface area contributed by atoms with Crippen molar-refractivity contribution in [3.8, 4) is 5.75 Å². The minimum absolute atomic E-state index is 0.757. The predicted octanol–water partition coefficient (Wildman–Crippen LogP) is 2.06. The van der Waals surface area contributed by atoms with E-state index in [0.29, 0.717) is 0 Å². The van der Waals surface area contributed by atoms with Crippen LogP contribution >= 0.6 is 0 Å². The van der Waals surface area contributed by atoms with Crippen LogP contribution in [0.15, 0.2) is 18.3 Å². The topological polar surface area (TPSA) is 37.4 Å². The standard InChI is InChI=1S/C15H23N3O/c1-19-14-5-3-9-17-15(14)18-10-6-12(7-11-18)13-4-2-8-16-13/h3,5,9,12-13,16H,2,4,6-8,10-11H2,1H3. The van der Waals surface area contributed by atoms with E-state index in [0.717, 1.165) is 36.6 Å². The third-order valence-electron chi connectivity index (χ3n) is 4.48. The fraction of sp³-hybridized carbons (Fsp3) is 0.667. The van der Waals surface area contributed by atoms with Crippen molar-refractivity contribution in [2.75, 3.05) is 31.6 Å². The molecule has 2 saturated heterocycles. The summed E-state index contributed by atoms with van der Waals surface area (Å²) in [6.07, 6.45) is 7.08. The van der Waals surface area contributed by atoms with Crippen molar-refractivity contribution in [1.29, 1.82) is 0 Å². The van der Waals surface area contributed by atoms with Crippen LogP contribution in [0.25, 0.3) is 0 Å². The summed E-state index contributed by atoms with van der Waals surface area (Å²) in [6, 6.07) is 4.68. The predicted molar refractivity (Wildman–Crippen MR) is 76.8 cm³/mol. The lowest BCUT2D eigenvalue weighted by Crippen LogP contribution is -2.41. The average molecular weight is 261 g/mol. The number of aromatic nitrogens is 1. The average Bonchev–Trinajstić information content (AvgIpc) is 3.02. The molecule has 0 aromatic carbocycles. The minimum Gasteiger partial charge on any atom is -0.493 e. The minimum atomic E-state index is 0.757. The number of nitrogens with zero attached hydrogens (tertiary/aromatic N) is 2. The maximum Gasteiger partial charge on any atom is 0.171 e. The fourth-order valence-corrected chi connectivity index (χ4v) is 3.41. The lowest BCUT2D eigenvalue weighted by atomic mass is 9.88. The molecule has 4 heteroatoms. The van der Waals surface area contributed by atoms with Crippen molar-refractivity contribution in [2.45, 2.75) is 31.7 Å². The van der Waals surface area contributed by atoms with Gasteiger partial charge in [0.05, 0.1) is 7.11 Å². The largest absolute Gasteiger partial charge is 0.493 e. The monoisotopic (exact) mass is 261 g/mol. The van der Waals surface area contributed by atoms with Crippen LogP contribution in [0.2, 0.25) is 0 Å². The Morgan fingerprint density at radius 2 is 2.16 bits per heavy atom. The van der Waals surface area contributed by atoms with Gasteiger partial charge in [0.25, 0.3) is 0 Å². The molecule has 0 amide bonds. The number of nitrogens with one attached hydrogen (secondary N) is 1. The molecule has 0 spiro atoms. The summed E-state index contributed by atoms with van der Waals surface area (Å²) in [5, 5.41) is 3.64. The van der Waals surface area contributed by atoms with E-state index in [1.54, 1.807) is 7.11 Å². The van der Waals surface area contributed by atoms with Crippen LogP contribution in [0, 0.1) is 5.92 Å². The highest BCUT2D eigenvalue weighted by Crippen LogP contribution is 2.31. The molecule has 1 N–H and O–H groups in total. The van der Waals surface area contributed by atoms with Gasteiger partial charge in [-0.15, -0.1) is 0 Å². The molecule has 0 saturated carbocycles. The number of anilines is 1. The molecule has 1 atom stereocenters. The van der Waals surface area contributed by atoms with Gasteiger partial charge in [-0.25, -0.2) is 4.98 Å². The summed E-state index contributed by atoms with van der Waals surface area (Å²) in [4.78, 5) is 6.85. The Balaban J connectivity index is 1.63. The van der Waals surface area contributed by atoms with Crippen molar-refractivity contribution in [2.24, 2.45) is 5.92 Å². The second-order valence-corrected chi connectivity index (χ2v) is 5.56. The van der Waals surface area contributed by atoms with Crippen LogP contribution in [-0.4, -0.2) is 37.8 Å². The smallest absolute Gasteiger partial charge is 0.171 e. The van der Waals surface area contributed by atoms with Gasteiger partial charge in [-0.3, -0.25) is 0 Å². The van der Waals surface area contributed by atoms with E-state index in [2.05, 4.69) is 15.2 Å². The van der Waals surface area contributed by atoms with Crippen molar-refractivity contribution >= 4 is 5.82 Å². The van der Waals surface area contributed by atoms with E-state index >= 15 is 0 Å². The van der Waals surface area contributed by atoms with E-state index < -0.39 is 0 Å². The third-order valence-corrected chi connectivity index (χ3v) is 4.48. The Labute approximate surface area is 115 Å². The molecule has 2 fully saturated rings. The van der Waals surface area contributed by atoms with Gasteiger partial charge in [-0.05, 0) is 50.3 Å². The highest BCUT2D eigenvalue weighted by molar-refractivity contribution is 5.52. The maximum atomic E-state index is 5.41. The molecule has 0 bridgehead atoms. The highest BCUT2D eigenvalue weighted by atomic mass is 16.5. The zero-order chi connectivity index (χ0) is 13.1. The quantitative estimate of drug-likeness (QED) is 0.903. The zero-order valence-corrected chi connectivity index (χ0v) is 11.6. The fourth-order valence-electron chi connectivity index (χ4n) is 3.41. The Morgan fingerprint density at radius 1 is 1.32 bits per heavy atom. The van der Waals surface area contributed by atoms with E-state index in [9.17, 15) is 0 Å². The van der Waals surface area contributed by atoms with Crippen molar-refractivity contribution in [3.63, 3.8) is 0 Å².